The molecule has 0 radical (unpaired) electrons. The van der Waals surface area contributed by atoms with Gasteiger partial charge in [0, 0.05) is 11.3 Å². The third-order valence-corrected chi connectivity index (χ3v) is 5.27. The molecule has 0 aliphatic heterocycles. The molecule has 2 aromatic rings. The quantitative estimate of drug-likeness (QED) is 0.623. The highest BCUT2D eigenvalue weighted by Crippen LogP contribution is 2.53. The second-order valence-corrected chi connectivity index (χ2v) is 7.13. The molecule has 0 aromatic heterocycles. The first-order valence-electron chi connectivity index (χ1n) is 8.16. The van der Waals surface area contributed by atoms with Crippen LogP contribution in [-0.2, 0) is 5.41 Å². The maximum absolute atomic E-state index is 2.51. The molecule has 0 heteroatoms. The highest BCUT2D eigenvalue weighted by molar-refractivity contribution is 5.90. The molecule has 22 heavy (non-hydrogen) atoms. The van der Waals surface area contributed by atoms with Crippen LogP contribution in [0.5, 0.6) is 0 Å². The predicted molar refractivity (Wildman–Crippen MR) is 94.1 cm³/mol. The molecule has 1 atom stereocenters. The molecule has 0 heterocycles. The van der Waals surface area contributed by atoms with E-state index in [0.717, 1.165) is 6.42 Å². The number of benzene rings is 2. The Morgan fingerprint density at radius 2 is 1.77 bits per heavy atom. The summed E-state index contributed by atoms with van der Waals surface area (Å²) >= 11 is 0. The van der Waals surface area contributed by atoms with Crippen molar-refractivity contribution < 1.29 is 0 Å². The summed E-state index contributed by atoms with van der Waals surface area (Å²) in [5, 5.41) is 0. The van der Waals surface area contributed by atoms with Gasteiger partial charge in [0.15, 0.2) is 0 Å². The maximum Gasteiger partial charge on any atom is 0.0155 e. The van der Waals surface area contributed by atoms with E-state index in [-0.39, 0.29) is 5.41 Å². The zero-order chi connectivity index (χ0) is 15.3. The molecule has 0 amide bonds. The van der Waals surface area contributed by atoms with Gasteiger partial charge in [-0.1, -0.05) is 80.1 Å². The van der Waals surface area contributed by atoms with Crippen LogP contribution in [0.3, 0.4) is 0 Å². The van der Waals surface area contributed by atoms with Gasteiger partial charge in [-0.25, -0.2) is 0 Å². The number of fused-ring (bicyclic) bond motifs is 3. The van der Waals surface area contributed by atoms with Gasteiger partial charge < -0.3 is 0 Å². The Morgan fingerprint density at radius 3 is 2.55 bits per heavy atom. The molecule has 1 unspecified atom stereocenters. The van der Waals surface area contributed by atoms with Crippen LogP contribution in [0.2, 0.25) is 0 Å². The summed E-state index contributed by atoms with van der Waals surface area (Å²) in [6.07, 6.45) is 6.07. The first kappa shape index (κ1) is 13.6. The van der Waals surface area contributed by atoms with E-state index in [0.29, 0.717) is 5.92 Å². The van der Waals surface area contributed by atoms with E-state index in [2.05, 4.69) is 81.5 Å². The molecule has 0 nitrogen and oxygen atoms in total. The molecule has 2 aliphatic carbocycles. The lowest BCUT2D eigenvalue weighted by Crippen LogP contribution is -2.17. The van der Waals surface area contributed by atoms with Crippen LogP contribution >= 0.6 is 0 Å². The van der Waals surface area contributed by atoms with Gasteiger partial charge in [0.2, 0.25) is 0 Å². The summed E-state index contributed by atoms with van der Waals surface area (Å²) in [7, 11) is 0. The van der Waals surface area contributed by atoms with Gasteiger partial charge in [-0.05, 0) is 41.2 Å². The van der Waals surface area contributed by atoms with Crippen molar-refractivity contribution in [2.45, 2.75) is 38.5 Å². The van der Waals surface area contributed by atoms with Gasteiger partial charge in [-0.15, -0.1) is 0 Å². The Labute approximate surface area is 133 Å². The van der Waals surface area contributed by atoms with Crippen molar-refractivity contribution in [3.8, 4) is 0 Å². The summed E-state index contributed by atoms with van der Waals surface area (Å²) in [6, 6.07) is 17.8. The van der Waals surface area contributed by atoms with Gasteiger partial charge in [-0.2, -0.15) is 0 Å². The van der Waals surface area contributed by atoms with Crippen molar-refractivity contribution in [3.05, 3.63) is 88.5 Å². The van der Waals surface area contributed by atoms with Crippen LogP contribution in [0.1, 0.15) is 48.4 Å². The molecular formula is C22H22. The number of hydrogen-bond acceptors (Lipinski definition) is 0. The number of allylic oxidation sites excluding steroid dienone is 4. The Bertz CT molecular complexity index is 788. The van der Waals surface area contributed by atoms with E-state index >= 15 is 0 Å². The third kappa shape index (κ3) is 1.90. The Kier molecular flexibility index (Phi) is 2.91. The molecule has 0 N–H and O–H groups in total. The average molecular weight is 286 g/mol. The molecule has 0 bridgehead atoms. The average Bonchev–Trinajstić information content (AvgIpc) is 2.76. The fourth-order valence-electron chi connectivity index (χ4n) is 4.00. The van der Waals surface area contributed by atoms with Crippen molar-refractivity contribution in [2.24, 2.45) is 0 Å². The topological polar surface area (TPSA) is 0 Å². The third-order valence-electron chi connectivity index (χ3n) is 5.27. The van der Waals surface area contributed by atoms with Gasteiger partial charge in [-0.3, -0.25) is 0 Å². The highest BCUT2D eigenvalue weighted by Gasteiger charge is 2.39. The molecular weight excluding hydrogens is 264 g/mol. The fraction of sp³-hybridized carbons (Fsp3) is 0.273. The minimum atomic E-state index is 0.112. The molecule has 0 saturated carbocycles. The minimum Gasteiger partial charge on any atom is -0.0754 e. The van der Waals surface area contributed by atoms with Crippen LogP contribution in [0, 0.1) is 6.92 Å². The molecule has 0 spiro atoms. The highest BCUT2D eigenvalue weighted by atomic mass is 14.4. The van der Waals surface area contributed by atoms with Gasteiger partial charge in [0.1, 0.15) is 0 Å². The van der Waals surface area contributed by atoms with Crippen LogP contribution in [0.25, 0.3) is 5.57 Å². The smallest absolute Gasteiger partial charge is 0.0155 e. The van der Waals surface area contributed by atoms with Crippen LogP contribution in [-0.4, -0.2) is 0 Å². The lowest BCUT2D eigenvalue weighted by atomic mass is 9.77. The molecule has 2 aromatic carbocycles. The summed E-state index contributed by atoms with van der Waals surface area (Å²) in [4.78, 5) is 0. The first-order valence-corrected chi connectivity index (χ1v) is 8.16. The Balaban J connectivity index is 1.83. The normalized spacial score (nSPS) is 21.7. The molecule has 2 aliphatic rings. The van der Waals surface area contributed by atoms with Gasteiger partial charge >= 0.3 is 0 Å². The molecule has 0 saturated heterocycles. The number of rotatable bonds is 1. The Morgan fingerprint density at radius 1 is 1.00 bits per heavy atom. The molecule has 110 valence electrons. The van der Waals surface area contributed by atoms with Crippen LogP contribution in [0.15, 0.2) is 66.3 Å². The SMILES string of the molecule is Cc1ccc2c(c1)C(C)(C)C1=CC(c3ccccc3)CC=C12. The lowest BCUT2D eigenvalue weighted by molar-refractivity contribution is 0.647. The van der Waals surface area contributed by atoms with Crippen LogP contribution in [0.4, 0.5) is 0 Å². The first-order chi connectivity index (χ1) is 10.6. The number of aryl methyl sites for hydroxylation is 1. The zero-order valence-electron chi connectivity index (χ0n) is 13.6. The maximum atomic E-state index is 2.51. The second-order valence-electron chi connectivity index (χ2n) is 7.13. The summed E-state index contributed by atoms with van der Waals surface area (Å²) in [6.45, 7) is 6.92. The van der Waals surface area contributed by atoms with Gasteiger partial charge in [0.05, 0.1) is 0 Å². The fourth-order valence-corrected chi connectivity index (χ4v) is 4.00. The lowest BCUT2D eigenvalue weighted by Gasteiger charge is -2.27. The van der Waals surface area contributed by atoms with Crippen molar-refractivity contribution in [2.75, 3.05) is 0 Å². The van der Waals surface area contributed by atoms with Crippen molar-refractivity contribution in [1.29, 1.82) is 0 Å². The standard InChI is InChI=1S/C22H22/c1-15-9-11-18-19-12-10-17(16-7-5-4-6-8-16)14-21(19)22(2,3)20(18)13-15/h4-9,11-14,17H,10H2,1-3H3. The van der Waals surface area contributed by atoms with E-state index in [1.54, 1.807) is 0 Å². The van der Waals surface area contributed by atoms with E-state index in [4.69, 9.17) is 0 Å². The predicted octanol–water partition coefficient (Wildman–Crippen LogP) is 5.78. The van der Waals surface area contributed by atoms with Crippen molar-refractivity contribution in [1.82, 2.24) is 0 Å². The van der Waals surface area contributed by atoms with E-state index in [1.807, 2.05) is 0 Å². The van der Waals surface area contributed by atoms with Crippen molar-refractivity contribution >= 4 is 5.57 Å². The summed E-state index contributed by atoms with van der Waals surface area (Å²) < 4.78 is 0. The second kappa shape index (κ2) is 4.71. The monoisotopic (exact) mass is 286 g/mol. The molecule has 4 rings (SSSR count). The zero-order valence-corrected chi connectivity index (χ0v) is 13.6. The van der Waals surface area contributed by atoms with Crippen LogP contribution < -0.4 is 0 Å². The largest absolute Gasteiger partial charge is 0.0754 e. The minimum absolute atomic E-state index is 0.112. The van der Waals surface area contributed by atoms with Gasteiger partial charge in [0.25, 0.3) is 0 Å². The van der Waals surface area contributed by atoms with E-state index < -0.39 is 0 Å². The summed E-state index contributed by atoms with van der Waals surface area (Å²) in [5.74, 6) is 0.509. The Hall–Kier alpha value is -2.08. The number of hydrogen-bond donors (Lipinski definition) is 0. The van der Waals surface area contributed by atoms with E-state index in [1.165, 1.54) is 33.4 Å². The van der Waals surface area contributed by atoms with E-state index in [9.17, 15) is 0 Å². The molecule has 0 fully saturated rings. The van der Waals surface area contributed by atoms with Crippen molar-refractivity contribution in [3.63, 3.8) is 0 Å². The summed E-state index contributed by atoms with van der Waals surface area (Å²) in [5.41, 5.74) is 8.78.